The number of alkyl halides is 4. The molecule has 0 aromatic rings. The molecule has 7 nitrogen and oxygen atoms in total. The molecule has 0 saturated carbocycles. The summed E-state index contributed by atoms with van der Waals surface area (Å²) in [5.41, 5.74) is -0.0599. The fraction of sp³-hybridized carbons (Fsp3) is 0.750. The zero-order chi connectivity index (χ0) is 19.0. The second-order valence-corrected chi connectivity index (χ2v) is 6.11. The van der Waals surface area contributed by atoms with Gasteiger partial charge in [-0.2, -0.15) is 26.0 Å². The fourth-order valence-corrected chi connectivity index (χ4v) is 1.83. The van der Waals surface area contributed by atoms with Gasteiger partial charge in [0.25, 0.3) is 0 Å². The maximum Gasteiger partial charge on any atom is 0.431 e. The van der Waals surface area contributed by atoms with Crippen molar-refractivity contribution in [2.45, 2.75) is 30.4 Å². The Morgan fingerprint density at radius 3 is 2.29 bits per heavy atom. The van der Waals surface area contributed by atoms with Crippen LogP contribution in [0.5, 0.6) is 0 Å². The summed E-state index contributed by atoms with van der Waals surface area (Å²) in [5, 5.41) is -5.57. The molecule has 0 amide bonds. The molecule has 0 unspecified atom stereocenters. The Morgan fingerprint density at radius 2 is 1.79 bits per heavy atom. The topological polar surface area (TPSA) is 99.1 Å². The molecule has 24 heavy (non-hydrogen) atoms. The number of carbonyl (C=O) groups excluding carboxylic acids is 1. The summed E-state index contributed by atoms with van der Waals surface area (Å²) in [6, 6.07) is 0. The lowest BCUT2D eigenvalue weighted by atomic mass is 10.1. The van der Waals surface area contributed by atoms with Gasteiger partial charge in [-0.3, -0.25) is 4.55 Å². The van der Waals surface area contributed by atoms with Gasteiger partial charge in [0.05, 0.1) is 12.2 Å². The average Bonchev–Trinajstić information content (AvgIpc) is 2.46. The molecular formula is C12H18F4O7S. The molecule has 0 saturated heterocycles. The fourth-order valence-electron chi connectivity index (χ4n) is 1.35. The maximum atomic E-state index is 13.1. The monoisotopic (exact) mass is 382 g/mol. The van der Waals surface area contributed by atoms with Crippen LogP contribution in [0.4, 0.5) is 17.6 Å². The van der Waals surface area contributed by atoms with E-state index in [0.717, 1.165) is 0 Å². The van der Waals surface area contributed by atoms with Crippen molar-refractivity contribution in [2.75, 3.05) is 27.1 Å². The third kappa shape index (κ3) is 6.71. The van der Waals surface area contributed by atoms with Crippen LogP contribution in [0.2, 0.25) is 0 Å². The molecule has 0 aromatic carbocycles. The highest BCUT2D eigenvalue weighted by molar-refractivity contribution is 7.87. The number of ether oxygens (including phenoxy) is 3. The molecule has 0 fully saturated rings. The van der Waals surface area contributed by atoms with Crippen LogP contribution in [0.1, 0.15) is 19.3 Å². The highest BCUT2D eigenvalue weighted by atomic mass is 32.2. The highest BCUT2D eigenvalue weighted by Gasteiger charge is 2.64. The van der Waals surface area contributed by atoms with Crippen molar-refractivity contribution >= 4 is 16.1 Å². The maximum absolute atomic E-state index is 13.1. The van der Waals surface area contributed by atoms with Crippen LogP contribution in [-0.2, 0) is 29.1 Å². The van der Waals surface area contributed by atoms with E-state index in [0.29, 0.717) is 0 Å². The van der Waals surface area contributed by atoms with Crippen LogP contribution in [0, 0.1) is 0 Å². The van der Waals surface area contributed by atoms with Gasteiger partial charge in [0.1, 0.15) is 0 Å². The van der Waals surface area contributed by atoms with E-state index in [1.54, 1.807) is 0 Å². The molecule has 0 spiro atoms. The van der Waals surface area contributed by atoms with Gasteiger partial charge in [-0.1, -0.05) is 6.58 Å². The van der Waals surface area contributed by atoms with Crippen LogP contribution in [0.15, 0.2) is 12.2 Å². The molecule has 0 aliphatic carbocycles. The minimum absolute atomic E-state index is 0.0599. The summed E-state index contributed by atoms with van der Waals surface area (Å²) >= 11 is 0. The predicted molar refractivity (Wildman–Crippen MR) is 73.2 cm³/mol. The minimum Gasteiger partial charge on any atom is -0.435 e. The van der Waals surface area contributed by atoms with Crippen molar-refractivity contribution in [3.63, 3.8) is 0 Å². The molecule has 0 aliphatic rings. The number of hydrogen-bond donors (Lipinski definition) is 1. The Kier molecular flexibility index (Phi) is 8.82. The van der Waals surface area contributed by atoms with Gasteiger partial charge >= 0.3 is 27.3 Å². The number of hydrogen-bond acceptors (Lipinski definition) is 6. The van der Waals surface area contributed by atoms with Gasteiger partial charge in [0.15, 0.2) is 6.79 Å². The number of methoxy groups -OCH3 is 1. The van der Waals surface area contributed by atoms with Crippen molar-refractivity contribution in [3.05, 3.63) is 12.2 Å². The first-order valence-electron chi connectivity index (χ1n) is 6.51. The largest absolute Gasteiger partial charge is 0.435 e. The van der Waals surface area contributed by atoms with E-state index in [-0.39, 0.29) is 32.0 Å². The number of halogens is 4. The first kappa shape index (κ1) is 22.8. The molecule has 0 rings (SSSR count). The number of esters is 1. The smallest absolute Gasteiger partial charge is 0.431 e. The second kappa shape index (κ2) is 9.30. The van der Waals surface area contributed by atoms with Gasteiger partial charge < -0.3 is 14.2 Å². The third-order valence-corrected chi connectivity index (χ3v) is 3.60. The van der Waals surface area contributed by atoms with Crippen LogP contribution in [0.3, 0.4) is 0 Å². The van der Waals surface area contributed by atoms with Gasteiger partial charge in [-0.15, -0.1) is 0 Å². The molecule has 12 heteroatoms. The standard InChI is InChI=1S/C12H18F4O7S/c1-9(10(17)23-8-21-2)7-22-6-4-3-5-11(13,14)12(15,16)24(18,19)20/h1,3-8H2,2H3,(H,18,19,20). The van der Waals surface area contributed by atoms with E-state index in [2.05, 4.69) is 16.1 Å². The predicted octanol–water partition coefficient (Wildman–Crippen LogP) is 1.99. The Labute approximate surface area is 136 Å². The Balaban J connectivity index is 4.11. The van der Waals surface area contributed by atoms with Crippen molar-refractivity contribution in [1.82, 2.24) is 0 Å². The number of carbonyl (C=O) groups is 1. The van der Waals surface area contributed by atoms with E-state index in [4.69, 9.17) is 9.29 Å². The lowest BCUT2D eigenvalue weighted by Gasteiger charge is -2.23. The molecule has 0 radical (unpaired) electrons. The third-order valence-electron chi connectivity index (χ3n) is 2.65. The van der Waals surface area contributed by atoms with Gasteiger partial charge in [0.2, 0.25) is 0 Å². The van der Waals surface area contributed by atoms with E-state index >= 15 is 0 Å². The average molecular weight is 382 g/mol. The van der Waals surface area contributed by atoms with Crippen LogP contribution in [-0.4, -0.2) is 57.2 Å². The van der Waals surface area contributed by atoms with Crippen LogP contribution < -0.4 is 0 Å². The van der Waals surface area contributed by atoms with Gasteiger partial charge in [0, 0.05) is 20.1 Å². The summed E-state index contributed by atoms with van der Waals surface area (Å²) in [5.74, 6) is -5.70. The SMILES string of the molecule is C=C(COCCCCC(F)(F)C(F)(F)S(=O)(=O)O)C(=O)OCOC. The van der Waals surface area contributed by atoms with Crippen molar-refractivity contribution in [3.8, 4) is 0 Å². The highest BCUT2D eigenvalue weighted by Crippen LogP contribution is 2.41. The van der Waals surface area contributed by atoms with Crippen molar-refractivity contribution < 1.29 is 49.5 Å². The van der Waals surface area contributed by atoms with Crippen LogP contribution >= 0.6 is 0 Å². The van der Waals surface area contributed by atoms with E-state index in [1.807, 2.05) is 0 Å². The molecule has 0 heterocycles. The van der Waals surface area contributed by atoms with Crippen molar-refractivity contribution in [1.29, 1.82) is 0 Å². The first-order chi connectivity index (χ1) is 10.9. The molecule has 0 aromatic heterocycles. The van der Waals surface area contributed by atoms with Gasteiger partial charge in [-0.25, -0.2) is 4.79 Å². The lowest BCUT2D eigenvalue weighted by molar-refractivity contribution is -0.165. The molecular weight excluding hydrogens is 364 g/mol. The second-order valence-electron chi connectivity index (χ2n) is 4.65. The summed E-state index contributed by atoms with van der Waals surface area (Å²) in [7, 11) is -4.92. The molecule has 0 atom stereocenters. The minimum atomic E-state index is -6.22. The molecule has 142 valence electrons. The Hall–Kier alpha value is -1.24. The Morgan fingerprint density at radius 1 is 1.21 bits per heavy atom. The number of unbranched alkanes of at least 4 members (excludes halogenated alkanes) is 1. The summed E-state index contributed by atoms with van der Waals surface area (Å²) in [6.07, 6.45) is -2.09. The zero-order valence-electron chi connectivity index (χ0n) is 12.8. The first-order valence-corrected chi connectivity index (χ1v) is 7.95. The zero-order valence-corrected chi connectivity index (χ0v) is 13.6. The van der Waals surface area contributed by atoms with Gasteiger partial charge in [-0.05, 0) is 12.8 Å². The Bertz CT molecular complexity index is 534. The summed E-state index contributed by atoms with van der Waals surface area (Å²) in [6.45, 7) is 2.65. The van der Waals surface area contributed by atoms with E-state index in [1.165, 1.54) is 7.11 Å². The molecule has 1 N–H and O–H groups in total. The van der Waals surface area contributed by atoms with Crippen molar-refractivity contribution in [2.24, 2.45) is 0 Å². The summed E-state index contributed by atoms with van der Waals surface area (Å²) < 4.78 is 94.7. The number of rotatable bonds is 12. The quantitative estimate of drug-likeness (QED) is 0.138. The normalized spacial score (nSPS) is 12.9. The van der Waals surface area contributed by atoms with E-state index < -0.39 is 40.1 Å². The lowest BCUT2D eigenvalue weighted by Crippen LogP contribution is -2.46. The summed E-state index contributed by atoms with van der Waals surface area (Å²) in [4.78, 5) is 11.2. The molecule has 0 bridgehead atoms. The van der Waals surface area contributed by atoms with Crippen LogP contribution in [0.25, 0.3) is 0 Å². The van der Waals surface area contributed by atoms with E-state index in [9.17, 15) is 30.8 Å². The molecule has 0 aliphatic heterocycles.